The second-order valence-electron chi connectivity index (χ2n) is 7.83. The van der Waals surface area contributed by atoms with Crippen molar-refractivity contribution >= 4 is 21.5 Å². The van der Waals surface area contributed by atoms with Crippen molar-refractivity contribution in [2.75, 3.05) is 50.2 Å². The molecule has 2 aliphatic heterocycles. The van der Waals surface area contributed by atoms with E-state index in [1.54, 1.807) is 24.3 Å². The van der Waals surface area contributed by atoms with Crippen molar-refractivity contribution in [3.05, 3.63) is 29.8 Å². The van der Waals surface area contributed by atoms with Crippen molar-refractivity contribution in [3.63, 3.8) is 0 Å². The lowest BCUT2D eigenvalue weighted by atomic mass is 9.89. The first-order chi connectivity index (χ1) is 12.9. The molecule has 1 N–H and O–H groups in total. The molecule has 0 saturated carbocycles. The number of rotatable bonds is 7. The summed E-state index contributed by atoms with van der Waals surface area (Å²) in [5, 5.41) is 0. The Bertz CT molecular complexity index is 719. The number of likely N-dealkylation sites (tertiary alicyclic amines) is 2. The molecule has 7 heteroatoms. The predicted molar refractivity (Wildman–Crippen MR) is 109 cm³/mol. The van der Waals surface area contributed by atoms with Crippen molar-refractivity contribution in [2.45, 2.75) is 32.1 Å². The Morgan fingerprint density at radius 1 is 0.963 bits per heavy atom. The van der Waals surface area contributed by atoms with Gasteiger partial charge in [0.15, 0.2) is 5.78 Å². The lowest BCUT2D eigenvalue weighted by molar-refractivity contribution is 0.0826. The van der Waals surface area contributed by atoms with E-state index in [9.17, 15) is 13.2 Å². The van der Waals surface area contributed by atoms with Crippen molar-refractivity contribution in [1.29, 1.82) is 0 Å². The average molecular weight is 394 g/mol. The Morgan fingerprint density at radius 3 is 2.07 bits per heavy atom. The molecule has 0 atom stereocenters. The van der Waals surface area contributed by atoms with Gasteiger partial charge < -0.3 is 9.80 Å². The second kappa shape index (κ2) is 9.17. The van der Waals surface area contributed by atoms with E-state index in [1.165, 1.54) is 32.4 Å². The van der Waals surface area contributed by atoms with Crippen molar-refractivity contribution in [3.8, 4) is 0 Å². The van der Waals surface area contributed by atoms with Gasteiger partial charge in [-0.05, 0) is 76.1 Å². The van der Waals surface area contributed by atoms with Gasteiger partial charge in [0.1, 0.15) is 0 Å². The average Bonchev–Trinajstić information content (AvgIpc) is 2.66. The number of sulfonamides is 1. The molecule has 0 spiro atoms. The number of Topliss-reactive ketones (excluding diaryl/α,β-unsaturated/α-hetero) is 1. The molecule has 0 radical (unpaired) electrons. The largest absolute Gasteiger partial charge is 0.302 e. The van der Waals surface area contributed by atoms with Crippen LogP contribution in [0.2, 0.25) is 0 Å². The fourth-order valence-electron chi connectivity index (χ4n) is 4.04. The number of nitrogens with one attached hydrogen (secondary N) is 1. The number of benzene rings is 1. The van der Waals surface area contributed by atoms with Gasteiger partial charge >= 0.3 is 0 Å². The van der Waals surface area contributed by atoms with Crippen LogP contribution in [0.25, 0.3) is 0 Å². The molecular weight excluding hydrogens is 362 g/mol. The van der Waals surface area contributed by atoms with Gasteiger partial charge in [-0.1, -0.05) is 6.42 Å². The highest BCUT2D eigenvalue weighted by atomic mass is 32.2. The Hall–Kier alpha value is -1.44. The first-order valence-corrected chi connectivity index (χ1v) is 11.9. The standard InChI is InChI=1S/C20H31N3O3S/c1-27(25,26)21-19-7-5-17(6-8-19)20(24)18-9-13-23(14-10-18)16-15-22-11-3-2-4-12-22/h5-8,18,21H,2-4,9-16H2,1H3. The molecule has 2 heterocycles. The van der Waals surface area contributed by atoms with Crippen molar-refractivity contribution in [1.82, 2.24) is 9.80 Å². The Kier molecular flexibility index (Phi) is 6.89. The van der Waals surface area contributed by atoms with Gasteiger partial charge in [-0.2, -0.15) is 0 Å². The normalized spacial score (nSPS) is 20.5. The Morgan fingerprint density at radius 2 is 1.52 bits per heavy atom. The summed E-state index contributed by atoms with van der Waals surface area (Å²) in [7, 11) is -3.29. The quantitative estimate of drug-likeness (QED) is 0.721. The maximum atomic E-state index is 12.7. The Balaban J connectivity index is 1.45. The second-order valence-corrected chi connectivity index (χ2v) is 9.58. The third kappa shape index (κ3) is 6.30. The summed E-state index contributed by atoms with van der Waals surface area (Å²) in [4.78, 5) is 17.8. The zero-order chi connectivity index (χ0) is 19.3. The molecule has 0 aromatic heterocycles. The van der Waals surface area contributed by atoms with E-state index in [2.05, 4.69) is 14.5 Å². The number of nitrogens with zero attached hydrogens (tertiary/aromatic N) is 2. The molecule has 1 aromatic rings. The third-order valence-corrected chi connectivity index (χ3v) is 6.22. The molecule has 3 rings (SSSR count). The number of piperidine rings is 2. The number of ketones is 1. The Labute approximate surface area is 163 Å². The summed E-state index contributed by atoms with van der Waals surface area (Å²) in [5.74, 6) is 0.251. The van der Waals surface area contributed by atoms with Gasteiger partial charge in [0.25, 0.3) is 0 Å². The van der Waals surface area contributed by atoms with E-state index >= 15 is 0 Å². The van der Waals surface area contributed by atoms with Crippen molar-refractivity contribution < 1.29 is 13.2 Å². The minimum absolute atomic E-state index is 0.0740. The molecule has 0 aliphatic carbocycles. The summed E-state index contributed by atoms with van der Waals surface area (Å²) >= 11 is 0. The fourth-order valence-corrected chi connectivity index (χ4v) is 4.60. The smallest absolute Gasteiger partial charge is 0.229 e. The maximum Gasteiger partial charge on any atom is 0.229 e. The van der Waals surface area contributed by atoms with E-state index in [0.717, 1.165) is 45.3 Å². The monoisotopic (exact) mass is 393 g/mol. The fraction of sp³-hybridized carbons (Fsp3) is 0.650. The summed E-state index contributed by atoms with van der Waals surface area (Å²) < 4.78 is 25.0. The number of hydrogen-bond acceptors (Lipinski definition) is 5. The highest BCUT2D eigenvalue weighted by Crippen LogP contribution is 2.23. The first-order valence-electron chi connectivity index (χ1n) is 9.97. The molecule has 0 unspecified atom stereocenters. The summed E-state index contributed by atoms with van der Waals surface area (Å²) in [6.07, 6.45) is 6.95. The topological polar surface area (TPSA) is 69.7 Å². The van der Waals surface area contributed by atoms with Gasteiger partial charge in [-0.15, -0.1) is 0 Å². The predicted octanol–water partition coefficient (Wildman–Crippen LogP) is 2.44. The molecule has 0 amide bonds. The zero-order valence-electron chi connectivity index (χ0n) is 16.2. The molecule has 1 aromatic carbocycles. The molecular formula is C20H31N3O3S. The van der Waals surface area contributed by atoms with Crippen LogP contribution in [0.5, 0.6) is 0 Å². The maximum absolute atomic E-state index is 12.7. The number of anilines is 1. The SMILES string of the molecule is CS(=O)(=O)Nc1ccc(C(=O)C2CCN(CCN3CCCCC3)CC2)cc1. The van der Waals surface area contributed by atoms with Crippen LogP contribution in [0.1, 0.15) is 42.5 Å². The molecule has 150 valence electrons. The van der Waals surface area contributed by atoms with Gasteiger partial charge in [-0.3, -0.25) is 9.52 Å². The lowest BCUT2D eigenvalue weighted by Crippen LogP contribution is -2.42. The molecule has 2 saturated heterocycles. The highest BCUT2D eigenvalue weighted by Gasteiger charge is 2.26. The van der Waals surface area contributed by atoms with Gasteiger partial charge in [0.05, 0.1) is 6.26 Å². The van der Waals surface area contributed by atoms with Gasteiger partial charge in [0.2, 0.25) is 10.0 Å². The number of carbonyl (C=O) groups is 1. The minimum atomic E-state index is -3.29. The molecule has 27 heavy (non-hydrogen) atoms. The van der Waals surface area contributed by atoms with Crippen LogP contribution in [0.4, 0.5) is 5.69 Å². The molecule has 2 fully saturated rings. The summed E-state index contributed by atoms with van der Waals surface area (Å²) in [5.41, 5.74) is 1.15. The van der Waals surface area contributed by atoms with E-state index in [4.69, 9.17) is 0 Å². The van der Waals surface area contributed by atoms with E-state index < -0.39 is 10.0 Å². The van der Waals surface area contributed by atoms with E-state index in [-0.39, 0.29) is 11.7 Å². The number of carbonyl (C=O) groups excluding carboxylic acids is 1. The minimum Gasteiger partial charge on any atom is -0.302 e. The summed E-state index contributed by atoms with van der Waals surface area (Å²) in [6.45, 7) is 6.69. The van der Waals surface area contributed by atoms with Crippen LogP contribution in [0.3, 0.4) is 0 Å². The van der Waals surface area contributed by atoms with Gasteiger partial charge in [-0.25, -0.2) is 8.42 Å². The zero-order valence-corrected chi connectivity index (χ0v) is 17.0. The first kappa shape index (κ1) is 20.3. The molecule has 0 bridgehead atoms. The molecule has 6 nitrogen and oxygen atoms in total. The van der Waals surface area contributed by atoms with Crippen LogP contribution in [0.15, 0.2) is 24.3 Å². The van der Waals surface area contributed by atoms with Crippen LogP contribution >= 0.6 is 0 Å². The molecule has 2 aliphatic rings. The van der Waals surface area contributed by atoms with Gasteiger partial charge in [0, 0.05) is 30.3 Å². The lowest BCUT2D eigenvalue weighted by Gasteiger charge is -2.34. The van der Waals surface area contributed by atoms with Crippen LogP contribution in [-0.4, -0.2) is 69.5 Å². The van der Waals surface area contributed by atoms with E-state index in [1.807, 2.05) is 0 Å². The van der Waals surface area contributed by atoms with E-state index in [0.29, 0.717) is 11.3 Å². The highest BCUT2D eigenvalue weighted by molar-refractivity contribution is 7.92. The van der Waals surface area contributed by atoms with Crippen LogP contribution < -0.4 is 4.72 Å². The number of hydrogen-bond donors (Lipinski definition) is 1. The van der Waals surface area contributed by atoms with Crippen molar-refractivity contribution in [2.24, 2.45) is 5.92 Å². The summed E-state index contributed by atoms with van der Waals surface area (Å²) in [6, 6.07) is 6.75. The third-order valence-electron chi connectivity index (χ3n) is 5.61. The van der Waals surface area contributed by atoms with Crippen LogP contribution in [0, 0.1) is 5.92 Å². The van der Waals surface area contributed by atoms with Crippen LogP contribution in [-0.2, 0) is 10.0 Å².